The quantitative estimate of drug-likeness (QED) is 0.459. The Bertz CT molecular complexity index is 406. The summed E-state index contributed by atoms with van der Waals surface area (Å²) >= 11 is 0. The van der Waals surface area contributed by atoms with E-state index in [9.17, 15) is 0 Å². The normalized spacial score (nSPS) is 12.8. The molecule has 0 atom stereocenters. The van der Waals surface area contributed by atoms with Crippen molar-refractivity contribution >= 4 is 0 Å². The van der Waals surface area contributed by atoms with Crippen molar-refractivity contribution in [2.45, 2.75) is 61.6 Å². The van der Waals surface area contributed by atoms with Gasteiger partial charge in [-0.05, 0) is 29.2 Å². The van der Waals surface area contributed by atoms with E-state index < -0.39 is 0 Å². The lowest BCUT2D eigenvalue weighted by Crippen LogP contribution is -2.47. The largest absolute Gasteiger partial charge is 0.284 e. The maximum absolute atomic E-state index is 2.72. The van der Waals surface area contributed by atoms with Crippen molar-refractivity contribution in [1.29, 1.82) is 0 Å². The van der Waals surface area contributed by atoms with Crippen LogP contribution in [0.2, 0.25) is 0 Å². The molecule has 25 heavy (non-hydrogen) atoms. The van der Waals surface area contributed by atoms with E-state index in [1.165, 1.54) is 5.56 Å². The topological polar surface area (TPSA) is 6.48 Å². The molecule has 0 N–H and O–H groups in total. The molecule has 2 nitrogen and oxygen atoms in total. The van der Waals surface area contributed by atoms with Crippen LogP contribution in [0.15, 0.2) is 30.3 Å². The van der Waals surface area contributed by atoms with E-state index in [1.807, 2.05) is 0 Å². The van der Waals surface area contributed by atoms with Gasteiger partial charge in [0, 0.05) is 26.2 Å². The highest BCUT2D eigenvalue weighted by molar-refractivity contribution is 5.19. The minimum absolute atomic E-state index is 0.371. The Balaban J connectivity index is 3.26. The summed E-state index contributed by atoms with van der Waals surface area (Å²) in [7, 11) is 0. The number of hydrogen-bond donors (Lipinski definition) is 0. The molecule has 144 valence electrons. The first-order valence-electron chi connectivity index (χ1n) is 10.2. The first-order chi connectivity index (χ1) is 11.7. The fourth-order valence-electron chi connectivity index (χ4n) is 3.70. The van der Waals surface area contributed by atoms with E-state index in [0.29, 0.717) is 29.8 Å². The van der Waals surface area contributed by atoms with Gasteiger partial charge in [-0.15, -0.1) is 0 Å². The average Bonchev–Trinajstić information content (AvgIpc) is 2.45. The summed E-state index contributed by atoms with van der Waals surface area (Å²) in [6.45, 7) is 23.3. The second-order valence-corrected chi connectivity index (χ2v) is 9.27. The Hall–Kier alpha value is -0.860. The third kappa shape index (κ3) is 8.37. The molecule has 2 heteroatoms. The van der Waals surface area contributed by atoms with Crippen molar-refractivity contribution in [3.05, 3.63) is 35.9 Å². The second kappa shape index (κ2) is 11.0. The van der Waals surface area contributed by atoms with Gasteiger partial charge in [0.15, 0.2) is 0 Å². The third-order valence-electron chi connectivity index (χ3n) is 4.19. The molecule has 0 aliphatic rings. The van der Waals surface area contributed by atoms with Gasteiger partial charge in [-0.2, -0.15) is 0 Å². The van der Waals surface area contributed by atoms with Gasteiger partial charge in [-0.25, -0.2) is 0 Å². The average molecular weight is 347 g/mol. The molecule has 0 heterocycles. The zero-order valence-electron chi connectivity index (χ0n) is 18.0. The Kier molecular flexibility index (Phi) is 9.74. The molecule has 0 radical (unpaired) electrons. The lowest BCUT2D eigenvalue weighted by atomic mass is 10.0. The van der Waals surface area contributed by atoms with Gasteiger partial charge in [0.2, 0.25) is 0 Å². The highest BCUT2D eigenvalue weighted by Crippen LogP contribution is 2.28. The summed E-state index contributed by atoms with van der Waals surface area (Å²) in [6.07, 6.45) is 0.371. The van der Waals surface area contributed by atoms with Gasteiger partial charge in [-0.1, -0.05) is 85.7 Å². The molecule has 0 aromatic heterocycles. The van der Waals surface area contributed by atoms with Crippen LogP contribution in [0.1, 0.15) is 67.1 Å². The summed E-state index contributed by atoms with van der Waals surface area (Å²) in [5.74, 6) is 2.68. The molecule has 0 saturated heterocycles. The minimum atomic E-state index is 0.371. The van der Waals surface area contributed by atoms with Crippen LogP contribution < -0.4 is 0 Å². The molecule has 1 aromatic rings. The van der Waals surface area contributed by atoms with Crippen molar-refractivity contribution in [3.8, 4) is 0 Å². The van der Waals surface area contributed by atoms with Crippen molar-refractivity contribution < 1.29 is 0 Å². The van der Waals surface area contributed by atoms with Crippen molar-refractivity contribution in [3.63, 3.8) is 0 Å². The predicted octanol–water partition coefficient (Wildman–Crippen LogP) is 5.91. The second-order valence-electron chi connectivity index (χ2n) is 9.27. The van der Waals surface area contributed by atoms with Crippen LogP contribution in [-0.4, -0.2) is 36.0 Å². The zero-order valence-corrected chi connectivity index (χ0v) is 18.0. The van der Waals surface area contributed by atoms with Crippen LogP contribution in [-0.2, 0) is 0 Å². The summed E-state index contributed by atoms with van der Waals surface area (Å²) in [4.78, 5) is 5.44. The Morgan fingerprint density at radius 2 is 0.880 bits per heavy atom. The standard InChI is InChI=1S/C23H42N2/c1-18(2)14-24(15-19(3)4)23(22-12-10-9-11-13-22)25(16-20(5)6)17-21(7)8/h9-13,18-21,23H,14-17H2,1-8H3. The lowest BCUT2D eigenvalue weighted by Gasteiger charge is -2.43. The maximum Gasteiger partial charge on any atom is 0.0886 e. The monoisotopic (exact) mass is 346 g/mol. The number of nitrogens with zero attached hydrogens (tertiary/aromatic N) is 2. The van der Waals surface area contributed by atoms with Crippen LogP contribution >= 0.6 is 0 Å². The molecule has 1 rings (SSSR count). The molecule has 0 spiro atoms. The number of benzene rings is 1. The van der Waals surface area contributed by atoms with Crippen molar-refractivity contribution in [1.82, 2.24) is 9.80 Å². The Morgan fingerprint density at radius 3 is 1.16 bits per heavy atom. The molecule has 0 unspecified atom stereocenters. The molecule has 0 aliphatic heterocycles. The molecular formula is C23H42N2. The zero-order chi connectivity index (χ0) is 19.0. The van der Waals surface area contributed by atoms with Gasteiger partial charge in [0.25, 0.3) is 0 Å². The van der Waals surface area contributed by atoms with E-state index in [-0.39, 0.29) is 0 Å². The van der Waals surface area contributed by atoms with Crippen LogP contribution in [0.4, 0.5) is 0 Å². The molecule has 0 bridgehead atoms. The molecule has 0 amide bonds. The number of hydrogen-bond acceptors (Lipinski definition) is 2. The van der Waals surface area contributed by atoms with E-state index in [0.717, 1.165) is 26.2 Å². The van der Waals surface area contributed by atoms with Gasteiger partial charge in [0.1, 0.15) is 0 Å². The lowest BCUT2D eigenvalue weighted by molar-refractivity contribution is 0.0103. The third-order valence-corrected chi connectivity index (χ3v) is 4.19. The number of rotatable bonds is 11. The smallest absolute Gasteiger partial charge is 0.0886 e. The SMILES string of the molecule is CC(C)CN(CC(C)C)C(c1ccccc1)N(CC(C)C)CC(C)C. The first kappa shape index (κ1) is 22.2. The van der Waals surface area contributed by atoms with Crippen LogP contribution in [0, 0.1) is 23.7 Å². The summed E-state index contributed by atoms with van der Waals surface area (Å²) in [5.41, 5.74) is 1.44. The summed E-state index contributed by atoms with van der Waals surface area (Å²) < 4.78 is 0. The van der Waals surface area contributed by atoms with Crippen LogP contribution in [0.3, 0.4) is 0 Å². The van der Waals surface area contributed by atoms with Gasteiger partial charge < -0.3 is 0 Å². The van der Waals surface area contributed by atoms with E-state index in [1.54, 1.807) is 0 Å². The van der Waals surface area contributed by atoms with Gasteiger partial charge in [0.05, 0.1) is 6.17 Å². The maximum atomic E-state index is 2.72. The summed E-state index contributed by atoms with van der Waals surface area (Å²) in [5, 5.41) is 0. The van der Waals surface area contributed by atoms with Crippen LogP contribution in [0.5, 0.6) is 0 Å². The molecule has 0 fully saturated rings. The molecule has 0 aliphatic carbocycles. The first-order valence-corrected chi connectivity index (χ1v) is 10.2. The fraction of sp³-hybridized carbons (Fsp3) is 0.739. The molecule has 0 saturated carbocycles. The summed E-state index contributed by atoms with van der Waals surface area (Å²) in [6, 6.07) is 11.1. The highest BCUT2D eigenvalue weighted by atomic mass is 15.4. The van der Waals surface area contributed by atoms with Gasteiger partial charge >= 0.3 is 0 Å². The van der Waals surface area contributed by atoms with E-state index in [2.05, 4.69) is 95.5 Å². The Labute approximate surface area is 157 Å². The Morgan fingerprint density at radius 1 is 0.560 bits per heavy atom. The highest BCUT2D eigenvalue weighted by Gasteiger charge is 2.28. The van der Waals surface area contributed by atoms with E-state index >= 15 is 0 Å². The van der Waals surface area contributed by atoms with Gasteiger partial charge in [-0.3, -0.25) is 9.80 Å². The van der Waals surface area contributed by atoms with Crippen molar-refractivity contribution in [2.75, 3.05) is 26.2 Å². The van der Waals surface area contributed by atoms with E-state index in [4.69, 9.17) is 0 Å². The predicted molar refractivity (Wildman–Crippen MR) is 112 cm³/mol. The molecular weight excluding hydrogens is 304 g/mol. The van der Waals surface area contributed by atoms with Crippen LogP contribution in [0.25, 0.3) is 0 Å². The van der Waals surface area contributed by atoms with Crippen molar-refractivity contribution in [2.24, 2.45) is 23.7 Å². The fourth-order valence-corrected chi connectivity index (χ4v) is 3.70. The molecule has 1 aromatic carbocycles. The minimum Gasteiger partial charge on any atom is -0.284 e.